The van der Waals surface area contributed by atoms with E-state index in [9.17, 15) is 28.3 Å². The first-order valence-electron chi connectivity index (χ1n) is 10.6. The van der Waals surface area contributed by atoms with E-state index in [0.717, 1.165) is 17.7 Å². The Balaban J connectivity index is 1.51. The van der Waals surface area contributed by atoms with Crippen LogP contribution in [0.25, 0.3) is 0 Å². The summed E-state index contributed by atoms with van der Waals surface area (Å²) in [6, 6.07) is 1.88. The zero-order valence-electron chi connectivity index (χ0n) is 18.3. The third kappa shape index (κ3) is 3.35. The number of carbonyl (C=O) groups is 2. The van der Waals surface area contributed by atoms with Gasteiger partial charge < -0.3 is 24.4 Å². The van der Waals surface area contributed by atoms with Crippen molar-refractivity contribution >= 4 is 11.8 Å². The first-order chi connectivity index (χ1) is 16.2. The minimum absolute atomic E-state index is 0.148. The summed E-state index contributed by atoms with van der Waals surface area (Å²) in [5.41, 5.74) is -0.184. The van der Waals surface area contributed by atoms with Gasteiger partial charge in [-0.2, -0.15) is 0 Å². The van der Waals surface area contributed by atoms with Crippen LogP contribution in [0.15, 0.2) is 27.6 Å². The molecule has 3 aromatic rings. The number of nitrogens with zero attached hydrogens (tertiary/aromatic N) is 3. The molecule has 1 aromatic carbocycles. The van der Waals surface area contributed by atoms with E-state index in [2.05, 4.69) is 10.5 Å². The molecular formula is C23H20F2N4O5. The number of nitrogens with one attached hydrogen (secondary N) is 1. The molecule has 2 amide bonds. The Hall–Kier alpha value is -4.02. The van der Waals surface area contributed by atoms with E-state index in [0.29, 0.717) is 23.4 Å². The topological polar surface area (TPSA) is 118 Å². The van der Waals surface area contributed by atoms with Crippen molar-refractivity contribution < 1.29 is 28.0 Å². The normalized spacial score (nSPS) is 16.6. The van der Waals surface area contributed by atoms with Gasteiger partial charge in [0.15, 0.2) is 17.2 Å². The van der Waals surface area contributed by atoms with Crippen LogP contribution in [-0.2, 0) is 19.5 Å². The number of fused-ring (bicyclic) bond motifs is 5. The van der Waals surface area contributed by atoms with Crippen LogP contribution in [-0.4, -0.2) is 38.1 Å². The highest BCUT2D eigenvalue weighted by Gasteiger charge is 2.39. The fourth-order valence-electron chi connectivity index (χ4n) is 4.55. The molecule has 0 saturated carbocycles. The van der Waals surface area contributed by atoms with Crippen LogP contribution < -0.4 is 10.7 Å². The standard InChI is InChI=1S/C23H20F2N4O5/c1-10-3-16(24)14(17(25)4-10)6-26-22(32)15-8-29-12-5-13-11(2)27-34-18(13)9-28(7-12)23(33)19(29)21(31)20(15)30/h3-4,8,12,31H,5-7,9H2,1-2H3,(H,26,32)/t12-/m0/s1. The molecule has 0 saturated heterocycles. The number of amides is 2. The lowest BCUT2D eigenvalue weighted by molar-refractivity contribution is 0.0637. The van der Waals surface area contributed by atoms with E-state index in [1.807, 2.05) is 0 Å². The SMILES string of the molecule is Cc1cc(F)c(CNC(=O)c2cn3c(c(O)c2=O)C(=O)N2Cc4onc(C)c4C[C@H]3C2)c(F)c1. The first-order valence-corrected chi connectivity index (χ1v) is 10.6. The molecule has 0 aliphatic carbocycles. The van der Waals surface area contributed by atoms with Gasteiger partial charge in [-0.05, 0) is 31.5 Å². The Bertz CT molecular complexity index is 1400. The van der Waals surface area contributed by atoms with E-state index < -0.39 is 52.8 Å². The monoisotopic (exact) mass is 470 g/mol. The average molecular weight is 470 g/mol. The zero-order chi connectivity index (χ0) is 24.3. The van der Waals surface area contributed by atoms with Crippen LogP contribution in [0, 0.1) is 25.5 Å². The Morgan fingerprint density at radius 3 is 2.68 bits per heavy atom. The van der Waals surface area contributed by atoms with Crippen molar-refractivity contribution in [3.05, 3.63) is 79.6 Å². The molecule has 11 heteroatoms. The number of aromatic nitrogens is 2. The third-order valence-electron chi connectivity index (χ3n) is 6.32. The minimum atomic E-state index is -1.05. The van der Waals surface area contributed by atoms with Gasteiger partial charge in [-0.25, -0.2) is 8.78 Å². The summed E-state index contributed by atoms with van der Waals surface area (Å²) >= 11 is 0. The largest absolute Gasteiger partial charge is 0.503 e. The van der Waals surface area contributed by atoms with Gasteiger partial charge in [0.05, 0.1) is 18.3 Å². The molecule has 0 fully saturated rings. The maximum atomic E-state index is 14.1. The second kappa shape index (κ2) is 7.79. The zero-order valence-corrected chi connectivity index (χ0v) is 18.3. The van der Waals surface area contributed by atoms with Crippen LogP contribution in [0.4, 0.5) is 8.78 Å². The number of rotatable bonds is 3. The molecule has 0 unspecified atom stereocenters. The lowest BCUT2D eigenvalue weighted by Crippen LogP contribution is -2.44. The summed E-state index contributed by atoms with van der Waals surface area (Å²) < 4.78 is 35.0. The fraction of sp³-hybridized carbons (Fsp3) is 0.304. The van der Waals surface area contributed by atoms with Gasteiger partial charge >= 0.3 is 0 Å². The number of carbonyl (C=O) groups excluding carboxylic acids is 2. The lowest BCUT2D eigenvalue weighted by atomic mass is 10.0. The molecule has 2 aromatic heterocycles. The molecule has 34 heavy (non-hydrogen) atoms. The van der Waals surface area contributed by atoms with E-state index in [-0.39, 0.29) is 24.3 Å². The van der Waals surface area contributed by atoms with Crippen molar-refractivity contribution in [2.45, 2.75) is 39.4 Å². The molecule has 2 N–H and O–H groups in total. The molecule has 0 spiro atoms. The highest BCUT2D eigenvalue weighted by atomic mass is 19.1. The summed E-state index contributed by atoms with van der Waals surface area (Å²) in [5.74, 6) is -3.49. The summed E-state index contributed by atoms with van der Waals surface area (Å²) in [6.07, 6.45) is 1.62. The van der Waals surface area contributed by atoms with Gasteiger partial charge in [0, 0.05) is 36.8 Å². The van der Waals surface area contributed by atoms with Crippen LogP contribution >= 0.6 is 0 Å². The number of aromatic hydroxyl groups is 1. The smallest absolute Gasteiger partial charge is 0.274 e. The van der Waals surface area contributed by atoms with E-state index in [1.54, 1.807) is 6.92 Å². The number of aryl methyl sites for hydroxylation is 2. The summed E-state index contributed by atoms with van der Waals surface area (Å²) in [7, 11) is 0. The van der Waals surface area contributed by atoms with Crippen molar-refractivity contribution in [2.75, 3.05) is 6.54 Å². The molecule has 1 atom stereocenters. The quantitative estimate of drug-likeness (QED) is 0.606. The first kappa shape index (κ1) is 21.8. The van der Waals surface area contributed by atoms with Crippen LogP contribution in [0.2, 0.25) is 0 Å². The van der Waals surface area contributed by atoms with Gasteiger partial charge in [0.25, 0.3) is 11.8 Å². The van der Waals surface area contributed by atoms with E-state index in [4.69, 9.17) is 4.52 Å². The number of pyridine rings is 1. The molecular weight excluding hydrogens is 450 g/mol. The van der Waals surface area contributed by atoms with Gasteiger partial charge in [0.2, 0.25) is 5.43 Å². The van der Waals surface area contributed by atoms with Gasteiger partial charge in [0.1, 0.15) is 17.2 Å². The molecule has 2 bridgehead atoms. The fourth-order valence-corrected chi connectivity index (χ4v) is 4.55. The Kier molecular flexibility index (Phi) is 4.99. The number of halogens is 2. The Labute approximate surface area is 191 Å². The molecule has 176 valence electrons. The molecule has 2 aliphatic heterocycles. The number of hydrogen-bond acceptors (Lipinski definition) is 6. The second-order valence-corrected chi connectivity index (χ2v) is 8.58. The maximum Gasteiger partial charge on any atom is 0.274 e. The second-order valence-electron chi connectivity index (χ2n) is 8.58. The maximum absolute atomic E-state index is 14.1. The summed E-state index contributed by atoms with van der Waals surface area (Å²) in [5, 5.41) is 16.9. The van der Waals surface area contributed by atoms with Crippen molar-refractivity contribution in [2.24, 2.45) is 0 Å². The van der Waals surface area contributed by atoms with Crippen molar-refractivity contribution in [1.29, 1.82) is 0 Å². The molecule has 0 radical (unpaired) electrons. The number of benzene rings is 1. The predicted octanol–water partition coefficient (Wildman–Crippen LogP) is 2.12. The van der Waals surface area contributed by atoms with Crippen LogP contribution in [0.3, 0.4) is 0 Å². The molecule has 4 heterocycles. The predicted molar refractivity (Wildman–Crippen MR) is 113 cm³/mol. The third-order valence-corrected chi connectivity index (χ3v) is 6.32. The van der Waals surface area contributed by atoms with Crippen LogP contribution in [0.1, 0.15) is 55.0 Å². The van der Waals surface area contributed by atoms with Gasteiger partial charge in [-0.1, -0.05) is 5.16 Å². The van der Waals surface area contributed by atoms with Gasteiger partial charge in [-0.15, -0.1) is 0 Å². The van der Waals surface area contributed by atoms with Crippen LogP contribution in [0.5, 0.6) is 5.75 Å². The minimum Gasteiger partial charge on any atom is -0.503 e. The summed E-state index contributed by atoms with van der Waals surface area (Å²) in [6.45, 7) is 3.23. The Morgan fingerprint density at radius 2 is 1.97 bits per heavy atom. The summed E-state index contributed by atoms with van der Waals surface area (Å²) in [4.78, 5) is 40.1. The van der Waals surface area contributed by atoms with E-state index >= 15 is 0 Å². The highest BCUT2D eigenvalue weighted by molar-refractivity contribution is 5.99. The van der Waals surface area contributed by atoms with E-state index in [1.165, 1.54) is 22.6 Å². The highest BCUT2D eigenvalue weighted by Crippen LogP contribution is 2.34. The molecule has 2 aliphatic rings. The molecule has 5 rings (SSSR count). The number of hydrogen-bond donors (Lipinski definition) is 2. The van der Waals surface area contributed by atoms with Crippen molar-refractivity contribution in [3.8, 4) is 5.75 Å². The van der Waals surface area contributed by atoms with Gasteiger partial charge in [-0.3, -0.25) is 14.4 Å². The Morgan fingerprint density at radius 1 is 1.26 bits per heavy atom. The van der Waals surface area contributed by atoms with Crippen molar-refractivity contribution in [3.63, 3.8) is 0 Å². The average Bonchev–Trinajstić information content (AvgIpc) is 3.01. The molecule has 9 nitrogen and oxygen atoms in total. The lowest BCUT2D eigenvalue weighted by Gasteiger charge is -2.34. The van der Waals surface area contributed by atoms with Crippen molar-refractivity contribution in [1.82, 2.24) is 19.9 Å².